The van der Waals surface area contributed by atoms with Gasteiger partial charge in [0.2, 0.25) is 11.1 Å². The second kappa shape index (κ2) is 11.2. The Bertz CT molecular complexity index is 1550. The van der Waals surface area contributed by atoms with Crippen molar-refractivity contribution in [2.75, 3.05) is 24.9 Å². The summed E-state index contributed by atoms with van der Waals surface area (Å²) in [5.41, 5.74) is 6.00. The average molecular weight is 542 g/mol. The largest absolute Gasteiger partial charge is 0.497 e. The number of anilines is 2. The van der Waals surface area contributed by atoms with E-state index in [0.29, 0.717) is 33.9 Å². The number of amides is 1. The zero-order valence-corrected chi connectivity index (χ0v) is 23.4. The van der Waals surface area contributed by atoms with Gasteiger partial charge in [-0.15, -0.1) is 5.10 Å². The van der Waals surface area contributed by atoms with Crippen LogP contribution < -0.4 is 20.1 Å². The van der Waals surface area contributed by atoms with Crippen LogP contribution in [0.2, 0.25) is 0 Å². The van der Waals surface area contributed by atoms with Gasteiger partial charge < -0.3 is 20.1 Å². The number of carbonyl (C=O) groups is 1. The van der Waals surface area contributed by atoms with Gasteiger partial charge in [-0.1, -0.05) is 59.8 Å². The number of nitrogens with one attached hydrogen (secondary N) is 2. The molecule has 0 radical (unpaired) electrons. The second-order valence-electron chi connectivity index (χ2n) is 9.38. The molecule has 5 rings (SSSR count). The van der Waals surface area contributed by atoms with E-state index in [1.807, 2.05) is 75.4 Å². The Morgan fingerprint density at radius 1 is 1.03 bits per heavy atom. The fourth-order valence-electron chi connectivity index (χ4n) is 4.69. The van der Waals surface area contributed by atoms with Gasteiger partial charge in [-0.3, -0.25) is 4.79 Å². The van der Waals surface area contributed by atoms with Gasteiger partial charge in [0.25, 0.3) is 5.91 Å². The van der Waals surface area contributed by atoms with E-state index in [9.17, 15) is 4.79 Å². The van der Waals surface area contributed by atoms with Gasteiger partial charge in [-0.05, 0) is 56.2 Å². The van der Waals surface area contributed by atoms with Crippen molar-refractivity contribution in [2.45, 2.75) is 37.7 Å². The van der Waals surface area contributed by atoms with Crippen LogP contribution in [0.25, 0.3) is 0 Å². The molecule has 3 aromatic carbocycles. The monoisotopic (exact) mass is 541 g/mol. The molecule has 1 unspecified atom stereocenters. The highest BCUT2D eigenvalue weighted by molar-refractivity contribution is 7.98. The quantitative estimate of drug-likeness (QED) is 0.259. The molecule has 39 heavy (non-hydrogen) atoms. The fourth-order valence-corrected chi connectivity index (χ4v) is 5.48. The lowest BCUT2D eigenvalue weighted by molar-refractivity contribution is -0.113. The molecule has 0 spiro atoms. The Hall–Kier alpha value is -4.24. The summed E-state index contributed by atoms with van der Waals surface area (Å²) in [6.07, 6.45) is 0. The number of hydrogen-bond acceptors (Lipinski definition) is 7. The molecule has 1 aliphatic heterocycles. The van der Waals surface area contributed by atoms with Gasteiger partial charge in [-0.2, -0.15) is 4.98 Å². The summed E-state index contributed by atoms with van der Waals surface area (Å²) in [5, 5.41) is 11.9. The number of aryl methyl sites for hydroxylation is 2. The first-order chi connectivity index (χ1) is 18.9. The molecule has 1 atom stereocenters. The van der Waals surface area contributed by atoms with E-state index in [1.54, 1.807) is 30.7 Å². The van der Waals surface area contributed by atoms with Crippen molar-refractivity contribution < 1.29 is 14.3 Å². The first kappa shape index (κ1) is 26.4. The first-order valence-electron chi connectivity index (χ1n) is 12.6. The van der Waals surface area contributed by atoms with E-state index < -0.39 is 6.04 Å². The lowest BCUT2D eigenvalue weighted by Gasteiger charge is -2.29. The van der Waals surface area contributed by atoms with Crippen molar-refractivity contribution in [3.8, 4) is 11.5 Å². The molecule has 1 aromatic heterocycles. The van der Waals surface area contributed by atoms with E-state index in [1.165, 1.54) is 5.56 Å². The third-order valence-electron chi connectivity index (χ3n) is 6.65. The van der Waals surface area contributed by atoms with Crippen molar-refractivity contribution in [1.29, 1.82) is 0 Å². The van der Waals surface area contributed by atoms with Crippen LogP contribution in [0, 0.1) is 13.8 Å². The molecule has 0 saturated heterocycles. The minimum Gasteiger partial charge on any atom is -0.497 e. The highest BCUT2D eigenvalue weighted by atomic mass is 32.2. The lowest BCUT2D eigenvalue weighted by Crippen LogP contribution is -2.32. The van der Waals surface area contributed by atoms with E-state index in [-0.39, 0.29) is 5.91 Å². The smallest absolute Gasteiger partial charge is 0.255 e. The summed E-state index contributed by atoms with van der Waals surface area (Å²) in [4.78, 5) is 18.7. The molecule has 1 amide bonds. The molecule has 9 heteroatoms. The normalized spacial score (nSPS) is 14.4. The predicted molar refractivity (Wildman–Crippen MR) is 155 cm³/mol. The third-order valence-corrected chi connectivity index (χ3v) is 7.56. The maximum absolute atomic E-state index is 13.9. The standard InChI is InChI=1S/C30H31N5O3S/c1-18-11-13-24(19(2)15-18)32-28(36)26-20(3)31-29-33-30(39-17-21-9-7-6-8-10-21)34-35(29)27(26)23-16-22(37-4)12-14-25(23)38-5/h6-16,27H,17H2,1-5H3,(H,32,36)(H,31,33,34). The average Bonchev–Trinajstić information content (AvgIpc) is 3.35. The van der Waals surface area contributed by atoms with Crippen molar-refractivity contribution in [3.63, 3.8) is 0 Å². The third kappa shape index (κ3) is 5.49. The van der Waals surface area contributed by atoms with Gasteiger partial charge in [-0.25, -0.2) is 4.68 Å². The maximum Gasteiger partial charge on any atom is 0.255 e. The van der Waals surface area contributed by atoms with E-state index in [4.69, 9.17) is 19.6 Å². The van der Waals surface area contributed by atoms with Crippen molar-refractivity contribution >= 4 is 29.3 Å². The number of ether oxygens (including phenoxy) is 2. The summed E-state index contributed by atoms with van der Waals surface area (Å²) < 4.78 is 13.0. The van der Waals surface area contributed by atoms with Crippen LogP contribution in [0.3, 0.4) is 0 Å². The second-order valence-corrected chi connectivity index (χ2v) is 10.3. The Kier molecular flexibility index (Phi) is 7.60. The first-order valence-corrected chi connectivity index (χ1v) is 13.6. The van der Waals surface area contributed by atoms with Crippen LogP contribution >= 0.6 is 11.8 Å². The molecule has 0 aliphatic carbocycles. The van der Waals surface area contributed by atoms with E-state index in [0.717, 1.165) is 28.1 Å². The zero-order valence-electron chi connectivity index (χ0n) is 22.6. The molecule has 8 nitrogen and oxygen atoms in total. The number of fused-ring (bicyclic) bond motifs is 1. The van der Waals surface area contributed by atoms with Crippen LogP contribution in [-0.2, 0) is 10.5 Å². The summed E-state index contributed by atoms with van der Waals surface area (Å²) in [6.45, 7) is 5.89. The molecule has 1 aliphatic rings. The van der Waals surface area contributed by atoms with Gasteiger partial charge >= 0.3 is 0 Å². The predicted octanol–water partition coefficient (Wildman–Crippen LogP) is 6.13. The van der Waals surface area contributed by atoms with E-state index >= 15 is 0 Å². The molecule has 2 heterocycles. The van der Waals surface area contributed by atoms with Gasteiger partial charge in [0.05, 0.1) is 19.8 Å². The van der Waals surface area contributed by atoms with Crippen molar-refractivity contribution in [2.24, 2.45) is 0 Å². The van der Waals surface area contributed by atoms with E-state index in [2.05, 4.69) is 22.8 Å². The Balaban J connectivity index is 1.57. The van der Waals surface area contributed by atoms with Crippen LogP contribution in [0.15, 0.2) is 83.2 Å². The Labute approximate surface area is 232 Å². The highest BCUT2D eigenvalue weighted by Gasteiger charge is 2.36. The minimum atomic E-state index is -0.601. The van der Waals surface area contributed by atoms with Crippen LogP contribution in [0.5, 0.6) is 11.5 Å². The molecular weight excluding hydrogens is 510 g/mol. The Morgan fingerprint density at radius 3 is 2.54 bits per heavy atom. The van der Waals surface area contributed by atoms with Crippen molar-refractivity contribution in [1.82, 2.24) is 14.8 Å². The number of aromatic nitrogens is 3. The number of hydrogen-bond donors (Lipinski definition) is 2. The zero-order chi connectivity index (χ0) is 27.5. The lowest BCUT2D eigenvalue weighted by atomic mass is 9.94. The van der Waals surface area contributed by atoms with Crippen molar-refractivity contribution in [3.05, 3.63) is 100 Å². The summed E-state index contributed by atoms with van der Waals surface area (Å²) >= 11 is 1.54. The summed E-state index contributed by atoms with van der Waals surface area (Å²) in [5.74, 6) is 2.32. The van der Waals surface area contributed by atoms with Gasteiger partial charge in [0.15, 0.2) is 0 Å². The number of rotatable bonds is 8. The molecule has 4 aromatic rings. The molecule has 0 saturated carbocycles. The Morgan fingerprint density at radius 2 is 1.82 bits per heavy atom. The van der Waals surface area contributed by atoms with Gasteiger partial charge in [0, 0.05) is 22.7 Å². The summed E-state index contributed by atoms with van der Waals surface area (Å²) in [7, 11) is 3.23. The SMILES string of the molecule is COc1ccc(OC)c(C2C(C(=O)Nc3ccc(C)cc3C)=C(C)Nc3nc(SCc4ccccc4)nn32)c1. The number of methoxy groups -OCH3 is 2. The maximum atomic E-state index is 13.9. The summed E-state index contributed by atoms with van der Waals surface area (Å²) in [6, 6.07) is 21.1. The molecular formula is C30H31N5O3S. The van der Waals surface area contributed by atoms with Crippen LogP contribution in [0.4, 0.5) is 11.6 Å². The number of carbonyl (C=O) groups excluding carboxylic acids is 1. The molecule has 200 valence electrons. The highest BCUT2D eigenvalue weighted by Crippen LogP contribution is 2.41. The number of benzene rings is 3. The number of nitrogens with zero attached hydrogens (tertiary/aromatic N) is 3. The minimum absolute atomic E-state index is 0.235. The molecule has 0 bridgehead atoms. The van der Waals surface area contributed by atoms with Crippen LogP contribution in [0.1, 0.15) is 35.2 Å². The fraction of sp³-hybridized carbons (Fsp3) is 0.233. The van der Waals surface area contributed by atoms with Gasteiger partial charge in [0.1, 0.15) is 17.5 Å². The number of thioether (sulfide) groups is 1. The topological polar surface area (TPSA) is 90.3 Å². The molecule has 2 N–H and O–H groups in total. The number of allylic oxidation sites excluding steroid dienone is 1. The molecule has 0 fully saturated rings. The van der Waals surface area contributed by atoms with Crippen LogP contribution in [-0.4, -0.2) is 34.9 Å².